The molecule has 2 heterocycles. The van der Waals surface area contributed by atoms with E-state index in [2.05, 4.69) is 10.6 Å². The Kier molecular flexibility index (Phi) is 7.04. The van der Waals surface area contributed by atoms with Gasteiger partial charge >= 0.3 is 6.03 Å². The van der Waals surface area contributed by atoms with E-state index in [9.17, 15) is 18.0 Å². The minimum Gasteiger partial charge on any atom is -0.323 e. The molecule has 1 atom stereocenters. The summed E-state index contributed by atoms with van der Waals surface area (Å²) in [6.07, 6.45) is 1.92. The maximum absolute atomic E-state index is 12.7. The minimum absolute atomic E-state index is 0. The van der Waals surface area contributed by atoms with Crippen molar-refractivity contribution in [3.63, 3.8) is 0 Å². The van der Waals surface area contributed by atoms with Gasteiger partial charge in [-0.1, -0.05) is 0 Å². The van der Waals surface area contributed by atoms with E-state index in [0.717, 1.165) is 35.1 Å². The van der Waals surface area contributed by atoms with E-state index >= 15 is 0 Å². The molecular weight excluding hydrogens is 356 g/mol. The summed E-state index contributed by atoms with van der Waals surface area (Å²) >= 11 is 0. The predicted octanol–water partition coefficient (Wildman–Crippen LogP) is -0.000200. The Labute approximate surface area is 149 Å². The molecule has 140 valence electrons. The maximum atomic E-state index is 12.7. The summed E-state index contributed by atoms with van der Waals surface area (Å²) in [6, 6.07) is -0.418. The van der Waals surface area contributed by atoms with Gasteiger partial charge in [-0.05, 0) is 45.2 Å². The number of halogens is 1. The van der Waals surface area contributed by atoms with E-state index in [0.29, 0.717) is 0 Å². The number of imide groups is 1. The van der Waals surface area contributed by atoms with Crippen molar-refractivity contribution in [3.8, 4) is 0 Å². The van der Waals surface area contributed by atoms with Gasteiger partial charge in [0, 0.05) is 20.6 Å². The fraction of sp³-hybridized carbons (Fsp3) is 0.857. The molecule has 0 bridgehead atoms. The molecule has 2 rings (SSSR count). The third-order valence-corrected chi connectivity index (χ3v) is 6.71. The maximum Gasteiger partial charge on any atom is 0.325 e. The summed E-state index contributed by atoms with van der Waals surface area (Å²) < 4.78 is 24.7. The van der Waals surface area contributed by atoms with E-state index in [1.807, 2.05) is 0 Å². The van der Waals surface area contributed by atoms with Crippen molar-refractivity contribution in [2.75, 3.05) is 39.5 Å². The third kappa shape index (κ3) is 4.19. The lowest BCUT2D eigenvalue weighted by molar-refractivity contribution is -0.132. The van der Waals surface area contributed by atoms with Crippen LogP contribution in [0.5, 0.6) is 0 Å². The van der Waals surface area contributed by atoms with Crippen LogP contribution in [0.1, 0.15) is 26.2 Å². The number of carbonyl (C=O) groups excluding carboxylic acids is 2. The number of piperidine rings is 1. The highest BCUT2D eigenvalue weighted by Gasteiger charge is 2.52. The van der Waals surface area contributed by atoms with Crippen molar-refractivity contribution in [3.05, 3.63) is 0 Å². The summed E-state index contributed by atoms with van der Waals surface area (Å²) in [5.74, 6) is -0.214. The normalized spacial score (nSPS) is 25.8. The Balaban J connectivity index is 0.00000288. The first-order chi connectivity index (χ1) is 10.7. The molecule has 2 saturated heterocycles. The summed E-state index contributed by atoms with van der Waals surface area (Å²) in [5, 5.41) is 6.07. The van der Waals surface area contributed by atoms with E-state index < -0.39 is 21.6 Å². The Hall–Kier alpha value is -0.900. The number of sulfonamides is 1. The summed E-state index contributed by atoms with van der Waals surface area (Å²) in [7, 11) is -0.380. The summed E-state index contributed by atoms with van der Waals surface area (Å²) in [6.45, 7) is 3.58. The largest absolute Gasteiger partial charge is 0.325 e. The van der Waals surface area contributed by atoms with Gasteiger partial charge in [0.15, 0.2) is 0 Å². The molecule has 0 radical (unpaired) electrons. The van der Waals surface area contributed by atoms with Crippen molar-refractivity contribution in [2.45, 2.75) is 31.7 Å². The van der Waals surface area contributed by atoms with Crippen LogP contribution in [-0.4, -0.2) is 74.6 Å². The van der Waals surface area contributed by atoms with Crippen LogP contribution in [0.25, 0.3) is 0 Å². The summed E-state index contributed by atoms with van der Waals surface area (Å²) in [4.78, 5) is 26.0. The van der Waals surface area contributed by atoms with Gasteiger partial charge in [-0.3, -0.25) is 9.69 Å². The molecule has 3 amide bonds. The Morgan fingerprint density at radius 1 is 1.25 bits per heavy atom. The van der Waals surface area contributed by atoms with Crippen molar-refractivity contribution >= 4 is 34.4 Å². The van der Waals surface area contributed by atoms with Crippen LogP contribution in [0.3, 0.4) is 0 Å². The SMILES string of the molecule is CN(C)S(=O)(=O)CCCN1C(=O)NC(C)(C2CCNCC2)C1=O.Cl. The molecule has 0 spiro atoms. The van der Waals surface area contributed by atoms with Gasteiger partial charge in [0.05, 0.1) is 5.75 Å². The molecule has 0 aromatic carbocycles. The minimum atomic E-state index is -3.32. The molecule has 0 saturated carbocycles. The smallest absolute Gasteiger partial charge is 0.323 e. The molecule has 2 aliphatic heterocycles. The van der Waals surface area contributed by atoms with Gasteiger partial charge < -0.3 is 10.6 Å². The number of urea groups is 1. The summed E-state index contributed by atoms with van der Waals surface area (Å²) in [5.41, 5.74) is -0.875. The van der Waals surface area contributed by atoms with Gasteiger partial charge in [-0.2, -0.15) is 0 Å². The lowest BCUT2D eigenvalue weighted by atomic mass is 9.79. The lowest BCUT2D eigenvalue weighted by Crippen LogP contribution is -2.53. The average Bonchev–Trinajstić information content (AvgIpc) is 2.72. The third-order valence-electron chi connectivity index (χ3n) is 4.80. The molecule has 2 aliphatic rings. The molecule has 0 aliphatic carbocycles. The van der Waals surface area contributed by atoms with Gasteiger partial charge in [-0.25, -0.2) is 17.5 Å². The molecule has 10 heteroatoms. The standard InChI is InChI=1S/C14H26N4O4S.ClH/c1-14(11-5-7-15-8-6-11)12(19)18(13(20)16-14)9-4-10-23(21,22)17(2)3;/h11,15H,4-10H2,1-3H3,(H,16,20);1H. The Bertz CT molecular complexity index is 577. The first kappa shape index (κ1) is 21.1. The van der Waals surface area contributed by atoms with E-state index in [4.69, 9.17) is 0 Å². The molecule has 0 aromatic heterocycles. The molecular formula is C14H27ClN4O4S. The number of nitrogens with one attached hydrogen (secondary N) is 2. The van der Waals surface area contributed by atoms with E-state index in [1.165, 1.54) is 14.1 Å². The first-order valence-electron chi connectivity index (χ1n) is 7.93. The van der Waals surface area contributed by atoms with Crippen LogP contribution in [0.4, 0.5) is 4.79 Å². The Morgan fingerprint density at radius 3 is 2.38 bits per heavy atom. The highest BCUT2D eigenvalue weighted by molar-refractivity contribution is 7.89. The second-order valence-electron chi connectivity index (χ2n) is 6.57. The van der Waals surface area contributed by atoms with E-state index in [1.54, 1.807) is 6.92 Å². The number of carbonyl (C=O) groups is 2. The quantitative estimate of drug-likeness (QED) is 0.630. The zero-order chi connectivity index (χ0) is 17.3. The zero-order valence-electron chi connectivity index (χ0n) is 14.4. The highest BCUT2D eigenvalue weighted by atomic mass is 35.5. The van der Waals surface area contributed by atoms with Crippen LogP contribution in [0.15, 0.2) is 0 Å². The number of nitrogens with zero attached hydrogens (tertiary/aromatic N) is 2. The highest BCUT2D eigenvalue weighted by Crippen LogP contribution is 2.31. The van der Waals surface area contributed by atoms with Crippen molar-refractivity contribution in [1.29, 1.82) is 0 Å². The fourth-order valence-corrected chi connectivity index (χ4v) is 4.04. The van der Waals surface area contributed by atoms with Crippen LogP contribution in [-0.2, 0) is 14.8 Å². The van der Waals surface area contributed by atoms with Crippen molar-refractivity contribution in [1.82, 2.24) is 19.8 Å². The average molecular weight is 383 g/mol. The lowest BCUT2D eigenvalue weighted by Gasteiger charge is -2.34. The predicted molar refractivity (Wildman–Crippen MR) is 93.6 cm³/mol. The molecule has 0 aromatic rings. The molecule has 8 nitrogen and oxygen atoms in total. The topological polar surface area (TPSA) is 98.8 Å². The van der Waals surface area contributed by atoms with Gasteiger partial charge in [0.25, 0.3) is 5.91 Å². The van der Waals surface area contributed by atoms with Crippen LogP contribution in [0.2, 0.25) is 0 Å². The van der Waals surface area contributed by atoms with E-state index in [-0.39, 0.29) is 43.0 Å². The second-order valence-corrected chi connectivity index (χ2v) is 8.87. The molecule has 1 unspecified atom stereocenters. The number of amides is 3. The monoisotopic (exact) mass is 382 g/mol. The van der Waals surface area contributed by atoms with Crippen LogP contribution >= 0.6 is 12.4 Å². The van der Waals surface area contributed by atoms with Crippen LogP contribution < -0.4 is 10.6 Å². The molecule has 2 fully saturated rings. The number of hydrogen-bond donors (Lipinski definition) is 2. The fourth-order valence-electron chi connectivity index (χ4n) is 3.18. The second kappa shape index (κ2) is 7.99. The van der Waals surface area contributed by atoms with Crippen molar-refractivity contribution < 1.29 is 18.0 Å². The van der Waals surface area contributed by atoms with Gasteiger partial charge in [0.1, 0.15) is 5.54 Å². The zero-order valence-corrected chi connectivity index (χ0v) is 16.0. The van der Waals surface area contributed by atoms with Gasteiger partial charge in [-0.15, -0.1) is 12.4 Å². The number of rotatable bonds is 6. The Morgan fingerprint density at radius 2 is 1.83 bits per heavy atom. The van der Waals surface area contributed by atoms with Crippen LogP contribution in [0, 0.1) is 5.92 Å². The first-order valence-corrected chi connectivity index (χ1v) is 9.54. The number of hydrogen-bond acceptors (Lipinski definition) is 5. The molecule has 2 N–H and O–H groups in total. The van der Waals surface area contributed by atoms with Gasteiger partial charge in [0.2, 0.25) is 10.0 Å². The van der Waals surface area contributed by atoms with Crippen molar-refractivity contribution in [2.24, 2.45) is 5.92 Å². The molecule has 24 heavy (non-hydrogen) atoms.